The van der Waals surface area contributed by atoms with Crippen molar-refractivity contribution in [3.63, 3.8) is 0 Å². The molecule has 2 unspecified atom stereocenters. The second kappa shape index (κ2) is 5.19. The molecule has 2 heteroatoms. The predicted octanol–water partition coefficient (Wildman–Crippen LogP) is 4.05. The minimum atomic E-state index is -0.480. The first kappa shape index (κ1) is 14.2. The molecule has 110 valence electrons. The molecule has 0 saturated heterocycles. The number of rotatable bonds is 2. The number of aliphatic hydroxyl groups excluding tert-OH is 1. The molecule has 2 aromatic rings. The van der Waals surface area contributed by atoms with E-state index in [-0.39, 0.29) is 11.5 Å². The Hall–Kier alpha value is -1.80. The number of nitrogens with one attached hydrogen (secondary N) is 1. The van der Waals surface area contributed by atoms with E-state index >= 15 is 0 Å². The van der Waals surface area contributed by atoms with Gasteiger partial charge in [0.05, 0.1) is 12.1 Å². The monoisotopic (exact) mass is 281 g/mol. The minimum Gasteiger partial charge on any atom is -0.386 e. The third kappa shape index (κ3) is 2.81. The molecule has 3 rings (SSSR count). The number of benzene rings is 2. The predicted molar refractivity (Wildman–Crippen MR) is 87.7 cm³/mol. The number of hydrogen-bond acceptors (Lipinski definition) is 2. The Balaban J connectivity index is 1.76. The lowest BCUT2D eigenvalue weighted by atomic mass is 9.86. The molecule has 0 radical (unpaired) electrons. The van der Waals surface area contributed by atoms with Crippen LogP contribution in [0.3, 0.4) is 0 Å². The average Bonchev–Trinajstić information content (AvgIpc) is 2.89. The van der Waals surface area contributed by atoms with Gasteiger partial charge in [-0.2, -0.15) is 0 Å². The maximum Gasteiger partial charge on any atom is 0.0994 e. The van der Waals surface area contributed by atoms with Crippen LogP contribution < -0.4 is 5.32 Å². The van der Waals surface area contributed by atoms with Crippen molar-refractivity contribution >= 4 is 5.69 Å². The largest absolute Gasteiger partial charge is 0.386 e. The van der Waals surface area contributed by atoms with Gasteiger partial charge in [0.15, 0.2) is 0 Å². The molecule has 0 aliphatic carbocycles. The Bertz CT molecular complexity index is 600. The van der Waals surface area contributed by atoms with Crippen molar-refractivity contribution in [2.75, 3.05) is 5.32 Å². The van der Waals surface area contributed by atoms with Crippen molar-refractivity contribution in [1.82, 2.24) is 0 Å². The summed E-state index contributed by atoms with van der Waals surface area (Å²) in [4.78, 5) is 0. The van der Waals surface area contributed by atoms with Crippen LogP contribution in [-0.4, -0.2) is 11.1 Å². The molecule has 0 amide bonds. The fourth-order valence-electron chi connectivity index (χ4n) is 2.93. The highest BCUT2D eigenvalue weighted by molar-refractivity contribution is 5.57. The molecule has 0 spiro atoms. The van der Waals surface area contributed by atoms with Crippen LogP contribution in [0.2, 0.25) is 0 Å². The molecule has 2 N–H and O–H groups in total. The Morgan fingerprint density at radius 1 is 1.05 bits per heavy atom. The van der Waals surface area contributed by atoms with Crippen LogP contribution in [0.5, 0.6) is 0 Å². The van der Waals surface area contributed by atoms with Gasteiger partial charge in [0.1, 0.15) is 0 Å². The van der Waals surface area contributed by atoms with Gasteiger partial charge in [-0.3, -0.25) is 0 Å². The molecule has 2 aromatic carbocycles. The first-order chi connectivity index (χ1) is 9.95. The summed E-state index contributed by atoms with van der Waals surface area (Å²) in [7, 11) is 0. The van der Waals surface area contributed by atoms with Crippen molar-refractivity contribution in [3.8, 4) is 0 Å². The maximum absolute atomic E-state index is 10.6. The highest BCUT2D eigenvalue weighted by atomic mass is 16.3. The van der Waals surface area contributed by atoms with Gasteiger partial charge in [-0.05, 0) is 34.6 Å². The second-order valence-electron chi connectivity index (χ2n) is 6.93. The Morgan fingerprint density at radius 2 is 1.71 bits per heavy atom. The quantitative estimate of drug-likeness (QED) is 0.870. The highest BCUT2D eigenvalue weighted by Crippen LogP contribution is 2.32. The smallest absolute Gasteiger partial charge is 0.0994 e. The molecule has 0 fully saturated rings. The lowest BCUT2D eigenvalue weighted by Gasteiger charge is -2.22. The van der Waals surface area contributed by atoms with Crippen LogP contribution in [0, 0.1) is 0 Å². The summed E-state index contributed by atoms with van der Waals surface area (Å²) in [5.74, 6) is 0. The van der Waals surface area contributed by atoms with Gasteiger partial charge in [0.2, 0.25) is 0 Å². The third-order valence-corrected chi connectivity index (χ3v) is 4.30. The van der Waals surface area contributed by atoms with Gasteiger partial charge in [-0.15, -0.1) is 0 Å². The second-order valence-corrected chi connectivity index (χ2v) is 6.93. The standard InChI is InChI=1S/C19H23NO/c1-19(2,3)15-10-8-13(9-11-15)18(21)17-12-14-6-4-5-7-16(14)20-17/h4-11,17-18,20-21H,12H2,1-3H3. The van der Waals surface area contributed by atoms with E-state index < -0.39 is 6.10 Å². The van der Waals surface area contributed by atoms with Crippen molar-refractivity contribution < 1.29 is 5.11 Å². The minimum absolute atomic E-state index is 0.0582. The molecule has 1 heterocycles. The van der Waals surface area contributed by atoms with E-state index in [4.69, 9.17) is 0 Å². The van der Waals surface area contributed by atoms with Gasteiger partial charge >= 0.3 is 0 Å². The van der Waals surface area contributed by atoms with Crippen LogP contribution >= 0.6 is 0 Å². The zero-order valence-electron chi connectivity index (χ0n) is 12.9. The molecular weight excluding hydrogens is 258 g/mol. The molecule has 1 aliphatic rings. The van der Waals surface area contributed by atoms with Crippen molar-refractivity contribution in [1.29, 1.82) is 0 Å². The van der Waals surface area contributed by atoms with Gasteiger partial charge in [-0.25, -0.2) is 0 Å². The molecule has 21 heavy (non-hydrogen) atoms. The number of aliphatic hydroxyl groups is 1. The summed E-state index contributed by atoms with van der Waals surface area (Å²) in [6.07, 6.45) is 0.393. The summed E-state index contributed by atoms with van der Waals surface area (Å²) in [6, 6.07) is 16.7. The Kier molecular flexibility index (Phi) is 3.50. The van der Waals surface area contributed by atoms with Crippen LogP contribution in [0.25, 0.3) is 0 Å². The SMILES string of the molecule is CC(C)(C)c1ccc(C(O)C2Cc3ccccc3N2)cc1. The lowest BCUT2D eigenvalue weighted by Crippen LogP contribution is -2.25. The zero-order chi connectivity index (χ0) is 15.0. The molecule has 0 aromatic heterocycles. The summed E-state index contributed by atoms with van der Waals surface area (Å²) < 4.78 is 0. The van der Waals surface area contributed by atoms with E-state index in [1.54, 1.807) is 0 Å². The normalized spacial score (nSPS) is 19.0. The van der Waals surface area contributed by atoms with E-state index in [1.165, 1.54) is 11.1 Å². The molecule has 1 aliphatic heterocycles. The van der Waals surface area contributed by atoms with Gasteiger partial charge in [0, 0.05) is 5.69 Å². The van der Waals surface area contributed by atoms with Crippen LogP contribution in [0.15, 0.2) is 48.5 Å². The van der Waals surface area contributed by atoms with Crippen molar-refractivity contribution in [3.05, 3.63) is 65.2 Å². The number of para-hydroxylation sites is 1. The Labute approximate surface area is 126 Å². The number of anilines is 1. The fraction of sp³-hybridized carbons (Fsp3) is 0.368. The van der Waals surface area contributed by atoms with E-state index in [2.05, 4.69) is 62.5 Å². The van der Waals surface area contributed by atoms with Crippen molar-refractivity contribution in [2.24, 2.45) is 0 Å². The van der Waals surface area contributed by atoms with E-state index in [0.717, 1.165) is 17.7 Å². The first-order valence-electron chi connectivity index (χ1n) is 7.58. The third-order valence-electron chi connectivity index (χ3n) is 4.30. The molecular formula is C19H23NO. The van der Waals surface area contributed by atoms with Crippen molar-refractivity contribution in [2.45, 2.75) is 44.8 Å². The molecule has 0 saturated carbocycles. The summed E-state index contributed by atoms with van der Waals surface area (Å²) in [5, 5.41) is 14.1. The average molecular weight is 281 g/mol. The van der Waals surface area contributed by atoms with Gasteiger partial charge < -0.3 is 10.4 Å². The lowest BCUT2D eigenvalue weighted by molar-refractivity contribution is 0.156. The molecule has 2 nitrogen and oxygen atoms in total. The molecule has 0 bridgehead atoms. The summed E-state index contributed by atoms with van der Waals surface area (Å²) >= 11 is 0. The highest BCUT2D eigenvalue weighted by Gasteiger charge is 2.27. The summed E-state index contributed by atoms with van der Waals surface area (Å²) in [6.45, 7) is 6.61. The topological polar surface area (TPSA) is 32.3 Å². The van der Waals surface area contributed by atoms with Gasteiger partial charge in [0.25, 0.3) is 0 Å². The molecule has 2 atom stereocenters. The van der Waals surface area contributed by atoms with E-state index in [1.807, 2.05) is 12.1 Å². The van der Waals surface area contributed by atoms with Crippen LogP contribution in [-0.2, 0) is 11.8 Å². The number of hydrogen-bond donors (Lipinski definition) is 2. The van der Waals surface area contributed by atoms with Gasteiger partial charge in [-0.1, -0.05) is 63.2 Å². The van der Waals surface area contributed by atoms with Crippen LogP contribution in [0.1, 0.15) is 43.6 Å². The van der Waals surface area contributed by atoms with E-state index in [9.17, 15) is 5.11 Å². The van der Waals surface area contributed by atoms with Crippen LogP contribution in [0.4, 0.5) is 5.69 Å². The fourth-order valence-corrected chi connectivity index (χ4v) is 2.93. The summed E-state index contributed by atoms with van der Waals surface area (Å²) in [5.41, 5.74) is 4.85. The van der Waals surface area contributed by atoms with E-state index in [0.29, 0.717) is 0 Å². The zero-order valence-corrected chi connectivity index (χ0v) is 12.9. The Morgan fingerprint density at radius 3 is 2.33 bits per heavy atom. The first-order valence-corrected chi connectivity index (χ1v) is 7.58. The number of fused-ring (bicyclic) bond motifs is 1. The maximum atomic E-state index is 10.6.